The number of amides is 2. The average molecular weight is 493 g/mol. The number of benzene rings is 2. The standard InChI is InChI=1S/C25H30Cl2N2O4/c1-3-19(2)29(15-16-30)24(31)12-14-28(13-11-20-9-10-22(26)23(27)17-20)25(32)33-18-21-7-5-4-6-8-21/h4-10,16-17,19H,3,11-15,18H2,1-2H3/t19-/m1/s1. The zero-order chi connectivity index (χ0) is 24.2. The molecule has 8 heteroatoms. The highest BCUT2D eigenvalue weighted by Gasteiger charge is 2.22. The van der Waals surface area contributed by atoms with Crippen LogP contribution in [0.2, 0.25) is 10.0 Å². The Kier molecular flexibility index (Phi) is 11.2. The van der Waals surface area contributed by atoms with Gasteiger partial charge in [-0.25, -0.2) is 4.79 Å². The van der Waals surface area contributed by atoms with E-state index in [2.05, 4.69) is 0 Å². The van der Waals surface area contributed by atoms with Crippen LogP contribution in [0.3, 0.4) is 0 Å². The molecule has 178 valence electrons. The monoisotopic (exact) mass is 492 g/mol. The van der Waals surface area contributed by atoms with Crippen molar-refractivity contribution in [1.82, 2.24) is 9.80 Å². The van der Waals surface area contributed by atoms with E-state index in [1.54, 1.807) is 17.0 Å². The molecule has 2 aromatic rings. The number of ether oxygens (including phenoxy) is 1. The van der Waals surface area contributed by atoms with E-state index in [-0.39, 0.29) is 38.1 Å². The van der Waals surface area contributed by atoms with Crippen molar-refractivity contribution < 1.29 is 19.1 Å². The van der Waals surface area contributed by atoms with E-state index in [1.165, 1.54) is 4.90 Å². The summed E-state index contributed by atoms with van der Waals surface area (Å²) in [5, 5.41) is 0.908. The summed E-state index contributed by atoms with van der Waals surface area (Å²) in [5.74, 6) is -0.174. The predicted molar refractivity (Wildman–Crippen MR) is 131 cm³/mol. The Balaban J connectivity index is 2.05. The number of rotatable bonds is 12. The van der Waals surface area contributed by atoms with Gasteiger partial charge in [0, 0.05) is 25.6 Å². The first kappa shape index (κ1) is 26.7. The lowest BCUT2D eigenvalue weighted by molar-refractivity contribution is -0.135. The molecule has 0 aliphatic rings. The van der Waals surface area contributed by atoms with Gasteiger partial charge in [-0.3, -0.25) is 4.79 Å². The highest BCUT2D eigenvalue weighted by atomic mass is 35.5. The topological polar surface area (TPSA) is 66.9 Å². The Hall–Kier alpha value is -2.57. The number of nitrogens with zero attached hydrogens (tertiary/aromatic N) is 2. The number of hydrogen-bond donors (Lipinski definition) is 0. The molecule has 0 aliphatic carbocycles. The second-order valence-corrected chi connectivity index (χ2v) is 8.56. The molecule has 0 heterocycles. The summed E-state index contributed by atoms with van der Waals surface area (Å²) in [6, 6.07) is 14.7. The van der Waals surface area contributed by atoms with Gasteiger partial charge in [0.25, 0.3) is 0 Å². The van der Waals surface area contributed by atoms with E-state index in [4.69, 9.17) is 27.9 Å². The fraction of sp³-hybridized carbons (Fsp3) is 0.400. The van der Waals surface area contributed by atoms with Crippen LogP contribution < -0.4 is 0 Å². The van der Waals surface area contributed by atoms with Gasteiger partial charge in [0.05, 0.1) is 16.6 Å². The van der Waals surface area contributed by atoms with E-state index in [0.717, 1.165) is 23.8 Å². The highest BCUT2D eigenvalue weighted by Crippen LogP contribution is 2.23. The Morgan fingerprint density at radius 1 is 1.03 bits per heavy atom. The summed E-state index contributed by atoms with van der Waals surface area (Å²) >= 11 is 12.1. The molecule has 1 atom stereocenters. The van der Waals surface area contributed by atoms with Crippen molar-refractivity contribution in [3.8, 4) is 0 Å². The van der Waals surface area contributed by atoms with Crippen LogP contribution in [0.4, 0.5) is 4.79 Å². The lowest BCUT2D eigenvalue weighted by Crippen LogP contribution is -2.42. The van der Waals surface area contributed by atoms with E-state index in [1.807, 2.05) is 50.2 Å². The molecule has 0 bridgehead atoms. The third-order valence-electron chi connectivity index (χ3n) is 5.43. The van der Waals surface area contributed by atoms with E-state index in [9.17, 15) is 14.4 Å². The number of aldehydes is 1. The van der Waals surface area contributed by atoms with Crippen molar-refractivity contribution in [3.05, 3.63) is 69.7 Å². The number of halogens is 2. The lowest BCUT2D eigenvalue weighted by atomic mass is 10.1. The maximum absolute atomic E-state index is 12.8. The summed E-state index contributed by atoms with van der Waals surface area (Å²) in [4.78, 5) is 39.7. The smallest absolute Gasteiger partial charge is 0.410 e. The molecule has 0 fully saturated rings. The Labute approximate surface area is 205 Å². The minimum atomic E-state index is -0.503. The quantitative estimate of drug-likeness (QED) is 0.372. The molecular formula is C25H30Cl2N2O4. The first-order valence-corrected chi connectivity index (χ1v) is 11.7. The largest absolute Gasteiger partial charge is 0.445 e. The molecule has 2 aromatic carbocycles. The van der Waals surface area contributed by atoms with Gasteiger partial charge in [0.15, 0.2) is 0 Å². The van der Waals surface area contributed by atoms with Crippen LogP contribution in [-0.4, -0.2) is 53.8 Å². The molecule has 0 unspecified atom stereocenters. The van der Waals surface area contributed by atoms with E-state index >= 15 is 0 Å². The molecule has 0 radical (unpaired) electrons. The Morgan fingerprint density at radius 2 is 1.76 bits per heavy atom. The summed E-state index contributed by atoms with van der Waals surface area (Å²) in [6.07, 6.45) is 1.58. The maximum Gasteiger partial charge on any atom is 0.410 e. The zero-order valence-electron chi connectivity index (χ0n) is 19.0. The van der Waals surface area contributed by atoms with Crippen molar-refractivity contribution in [2.24, 2.45) is 0 Å². The molecule has 0 aromatic heterocycles. The fourth-order valence-corrected chi connectivity index (χ4v) is 3.59. The second kappa shape index (κ2) is 13.9. The molecule has 0 aliphatic heterocycles. The Morgan fingerprint density at radius 3 is 2.39 bits per heavy atom. The second-order valence-electron chi connectivity index (χ2n) is 7.75. The van der Waals surface area contributed by atoms with Crippen molar-refractivity contribution in [2.45, 2.75) is 45.8 Å². The van der Waals surface area contributed by atoms with Gasteiger partial charge in [-0.05, 0) is 43.0 Å². The molecule has 0 saturated carbocycles. The van der Waals surface area contributed by atoms with Gasteiger partial charge >= 0.3 is 6.09 Å². The van der Waals surface area contributed by atoms with E-state index < -0.39 is 6.09 Å². The lowest BCUT2D eigenvalue weighted by Gasteiger charge is -2.28. The minimum Gasteiger partial charge on any atom is -0.445 e. The fourth-order valence-electron chi connectivity index (χ4n) is 3.27. The normalized spacial score (nSPS) is 11.5. The van der Waals surface area contributed by atoms with Crippen LogP contribution in [0.1, 0.15) is 37.8 Å². The van der Waals surface area contributed by atoms with Gasteiger partial charge in [-0.15, -0.1) is 0 Å². The molecule has 6 nitrogen and oxygen atoms in total. The van der Waals surface area contributed by atoms with Crippen LogP contribution in [0.15, 0.2) is 48.5 Å². The third kappa shape index (κ3) is 8.71. The maximum atomic E-state index is 12.8. The molecule has 2 rings (SSSR count). The summed E-state index contributed by atoms with van der Waals surface area (Å²) in [6.45, 7) is 4.56. The molecular weight excluding hydrogens is 463 g/mol. The molecule has 0 N–H and O–H groups in total. The zero-order valence-corrected chi connectivity index (χ0v) is 20.5. The van der Waals surface area contributed by atoms with Gasteiger partial charge in [-0.1, -0.05) is 66.5 Å². The summed E-state index contributed by atoms with van der Waals surface area (Å²) in [7, 11) is 0. The summed E-state index contributed by atoms with van der Waals surface area (Å²) < 4.78 is 5.49. The first-order chi connectivity index (χ1) is 15.8. The van der Waals surface area contributed by atoms with Crippen LogP contribution >= 0.6 is 23.2 Å². The molecule has 2 amide bonds. The predicted octanol–water partition coefficient (Wildman–Crippen LogP) is 5.39. The van der Waals surface area contributed by atoms with Crippen LogP contribution in [-0.2, 0) is 27.4 Å². The molecule has 0 saturated heterocycles. The molecule has 33 heavy (non-hydrogen) atoms. The highest BCUT2D eigenvalue weighted by molar-refractivity contribution is 6.42. The molecule has 0 spiro atoms. The third-order valence-corrected chi connectivity index (χ3v) is 6.17. The number of carbonyl (C=O) groups is 3. The van der Waals surface area contributed by atoms with Crippen LogP contribution in [0.5, 0.6) is 0 Å². The van der Waals surface area contributed by atoms with Crippen LogP contribution in [0, 0.1) is 0 Å². The first-order valence-electron chi connectivity index (χ1n) is 11.0. The van der Waals surface area contributed by atoms with Gasteiger partial charge < -0.3 is 19.3 Å². The van der Waals surface area contributed by atoms with Crippen molar-refractivity contribution in [1.29, 1.82) is 0 Å². The van der Waals surface area contributed by atoms with Crippen molar-refractivity contribution >= 4 is 41.5 Å². The van der Waals surface area contributed by atoms with Crippen molar-refractivity contribution in [3.63, 3.8) is 0 Å². The van der Waals surface area contributed by atoms with Gasteiger partial charge in [0.2, 0.25) is 5.91 Å². The number of carbonyl (C=O) groups excluding carboxylic acids is 3. The average Bonchev–Trinajstić information content (AvgIpc) is 2.83. The SMILES string of the molecule is CC[C@@H](C)N(CC=O)C(=O)CCN(CCc1ccc(Cl)c(Cl)c1)C(=O)OCc1ccccc1. The summed E-state index contributed by atoms with van der Waals surface area (Å²) in [5.41, 5.74) is 1.79. The van der Waals surface area contributed by atoms with Gasteiger partial charge in [-0.2, -0.15) is 0 Å². The van der Waals surface area contributed by atoms with Gasteiger partial charge in [0.1, 0.15) is 12.9 Å². The van der Waals surface area contributed by atoms with E-state index in [0.29, 0.717) is 23.0 Å². The van der Waals surface area contributed by atoms with Crippen molar-refractivity contribution in [2.75, 3.05) is 19.6 Å². The Bertz CT molecular complexity index is 924. The van der Waals surface area contributed by atoms with Crippen LogP contribution in [0.25, 0.3) is 0 Å². The number of hydrogen-bond acceptors (Lipinski definition) is 4. The minimum absolute atomic E-state index is 0.0373.